The van der Waals surface area contributed by atoms with Crippen LogP contribution in [-0.4, -0.2) is 12.5 Å². The minimum Gasteiger partial charge on any atom is -0.428 e. The molecule has 0 saturated heterocycles. The van der Waals surface area contributed by atoms with Crippen LogP contribution in [0, 0.1) is 3.57 Å². The quantitative estimate of drug-likeness (QED) is 0.612. The SMILES string of the molecule is FC(F)C(F)(F)Oc1ccc(I)cc1. The zero-order chi connectivity index (χ0) is 10.8. The van der Waals surface area contributed by atoms with Gasteiger partial charge in [0.2, 0.25) is 0 Å². The van der Waals surface area contributed by atoms with Crippen molar-refractivity contribution in [2.24, 2.45) is 0 Å². The highest BCUT2D eigenvalue weighted by Gasteiger charge is 2.43. The molecule has 0 radical (unpaired) electrons. The molecule has 1 rings (SSSR count). The maximum atomic E-state index is 12.4. The summed E-state index contributed by atoms with van der Waals surface area (Å²) in [4.78, 5) is 0. The highest BCUT2D eigenvalue weighted by molar-refractivity contribution is 14.1. The van der Waals surface area contributed by atoms with Crippen LogP contribution in [0.3, 0.4) is 0 Å². The fourth-order valence-electron chi connectivity index (χ4n) is 0.704. The molecule has 6 heteroatoms. The van der Waals surface area contributed by atoms with E-state index in [2.05, 4.69) is 4.74 Å². The molecule has 0 spiro atoms. The van der Waals surface area contributed by atoms with Crippen molar-refractivity contribution in [2.45, 2.75) is 12.5 Å². The molecule has 0 unspecified atom stereocenters. The van der Waals surface area contributed by atoms with Gasteiger partial charge in [-0.1, -0.05) is 0 Å². The Labute approximate surface area is 91.2 Å². The zero-order valence-electron chi connectivity index (χ0n) is 6.68. The van der Waals surface area contributed by atoms with Crippen molar-refractivity contribution < 1.29 is 22.3 Å². The van der Waals surface area contributed by atoms with Crippen LogP contribution in [0.1, 0.15) is 0 Å². The second kappa shape index (κ2) is 4.33. The van der Waals surface area contributed by atoms with Gasteiger partial charge in [0.1, 0.15) is 5.75 Å². The van der Waals surface area contributed by atoms with Gasteiger partial charge in [-0.05, 0) is 46.9 Å². The van der Waals surface area contributed by atoms with E-state index in [9.17, 15) is 17.6 Å². The lowest BCUT2D eigenvalue weighted by Crippen LogP contribution is -2.33. The Balaban J connectivity index is 2.74. The predicted molar refractivity (Wildman–Crippen MR) is 50.7 cm³/mol. The third kappa shape index (κ3) is 3.00. The van der Waals surface area contributed by atoms with Gasteiger partial charge < -0.3 is 4.74 Å². The largest absolute Gasteiger partial charge is 0.461 e. The van der Waals surface area contributed by atoms with E-state index in [1.807, 2.05) is 22.6 Å². The van der Waals surface area contributed by atoms with Crippen LogP contribution in [0.25, 0.3) is 0 Å². The molecule has 0 aliphatic rings. The summed E-state index contributed by atoms with van der Waals surface area (Å²) < 4.78 is 52.8. The molecule has 1 aromatic carbocycles. The molecule has 0 amide bonds. The molecule has 1 aromatic rings. The van der Waals surface area contributed by atoms with E-state index in [1.165, 1.54) is 24.3 Å². The lowest BCUT2D eigenvalue weighted by molar-refractivity contribution is -0.253. The molecule has 0 bridgehead atoms. The fourth-order valence-corrected chi connectivity index (χ4v) is 1.06. The van der Waals surface area contributed by atoms with Crippen molar-refractivity contribution in [3.05, 3.63) is 27.8 Å². The summed E-state index contributed by atoms with van der Waals surface area (Å²) in [6.07, 6.45) is -8.27. The molecule has 14 heavy (non-hydrogen) atoms. The standard InChI is InChI=1S/C8H5F4IO/c9-7(10)8(11,12)14-6-3-1-5(13)2-4-6/h1-4,7H. The molecule has 78 valence electrons. The topological polar surface area (TPSA) is 9.23 Å². The van der Waals surface area contributed by atoms with Gasteiger partial charge in [-0.25, -0.2) is 0 Å². The van der Waals surface area contributed by atoms with E-state index < -0.39 is 12.5 Å². The Bertz CT molecular complexity index is 299. The maximum Gasteiger partial charge on any atom is 0.461 e. The van der Waals surface area contributed by atoms with E-state index >= 15 is 0 Å². The van der Waals surface area contributed by atoms with Crippen LogP contribution < -0.4 is 4.74 Å². The van der Waals surface area contributed by atoms with E-state index in [-0.39, 0.29) is 5.75 Å². The van der Waals surface area contributed by atoms with Gasteiger partial charge in [0.15, 0.2) is 0 Å². The number of hydrogen-bond donors (Lipinski definition) is 0. The molecule has 0 N–H and O–H groups in total. The monoisotopic (exact) mass is 320 g/mol. The molecule has 0 aliphatic heterocycles. The summed E-state index contributed by atoms with van der Waals surface area (Å²) in [6, 6.07) is 5.38. The van der Waals surface area contributed by atoms with Crippen LogP contribution in [0.2, 0.25) is 0 Å². The molecule has 1 nitrogen and oxygen atoms in total. The maximum absolute atomic E-state index is 12.4. The second-order valence-corrected chi connectivity index (χ2v) is 3.66. The van der Waals surface area contributed by atoms with Crippen LogP contribution in [-0.2, 0) is 0 Å². The van der Waals surface area contributed by atoms with Crippen molar-refractivity contribution in [1.82, 2.24) is 0 Å². The Morgan fingerprint density at radius 3 is 2.07 bits per heavy atom. The Morgan fingerprint density at radius 2 is 1.64 bits per heavy atom. The van der Waals surface area contributed by atoms with E-state index in [0.717, 1.165) is 3.57 Å². The highest BCUT2D eigenvalue weighted by atomic mass is 127. The average molecular weight is 320 g/mol. The molecule has 0 atom stereocenters. The van der Waals surface area contributed by atoms with Crippen molar-refractivity contribution in [2.75, 3.05) is 0 Å². The molecule has 0 fully saturated rings. The fraction of sp³-hybridized carbons (Fsp3) is 0.250. The second-order valence-electron chi connectivity index (χ2n) is 2.42. The van der Waals surface area contributed by atoms with Gasteiger partial charge in [0, 0.05) is 3.57 Å². The highest BCUT2D eigenvalue weighted by Crippen LogP contribution is 2.27. The zero-order valence-corrected chi connectivity index (χ0v) is 8.84. The normalized spacial score (nSPS) is 11.9. The summed E-state index contributed by atoms with van der Waals surface area (Å²) >= 11 is 1.96. The molecular formula is C8H5F4IO. The number of hydrogen-bond acceptors (Lipinski definition) is 1. The molecular weight excluding hydrogens is 315 g/mol. The summed E-state index contributed by atoms with van der Waals surface area (Å²) in [6.45, 7) is 0. The van der Waals surface area contributed by atoms with Crippen molar-refractivity contribution in [3.8, 4) is 5.75 Å². The third-order valence-electron chi connectivity index (χ3n) is 1.32. The van der Waals surface area contributed by atoms with Crippen molar-refractivity contribution in [1.29, 1.82) is 0 Å². The first-order chi connectivity index (χ1) is 6.42. The minimum atomic E-state index is -4.44. The van der Waals surface area contributed by atoms with Gasteiger partial charge in [0.25, 0.3) is 0 Å². The van der Waals surface area contributed by atoms with Crippen LogP contribution >= 0.6 is 22.6 Å². The molecule has 0 heterocycles. The van der Waals surface area contributed by atoms with Gasteiger partial charge in [-0.3, -0.25) is 0 Å². The molecule has 0 saturated carbocycles. The molecule has 0 aliphatic carbocycles. The number of ether oxygens (including phenoxy) is 1. The average Bonchev–Trinajstić information content (AvgIpc) is 2.08. The first-order valence-electron chi connectivity index (χ1n) is 3.52. The minimum absolute atomic E-state index is 0.282. The number of rotatable bonds is 3. The summed E-state index contributed by atoms with van der Waals surface area (Å²) in [5, 5.41) is 0. The number of halogens is 5. The Kier molecular flexibility index (Phi) is 3.57. The summed E-state index contributed by atoms with van der Waals surface area (Å²) in [5.74, 6) is -0.282. The van der Waals surface area contributed by atoms with Gasteiger partial charge in [-0.2, -0.15) is 17.6 Å². The first kappa shape index (κ1) is 11.5. The summed E-state index contributed by atoms with van der Waals surface area (Å²) in [7, 11) is 0. The van der Waals surface area contributed by atoms with Gasteiger partial charge in [0.05, 0.1) is 0 Å². The summed E-state index contributed by atoms with van der Waals surface area (Å²) in [5.41, 5.74) is 0. The Hall–Kier alpha value is -0.530. The number of alkyl halides is 4. The van der Waals surface area contributed by atoms with Crippen LogP contribution in [0.5, 0.6) is 5.75 Å². The van der Waals surface area contributed by atoms with Crippen LogP contribution in [0.15, 0.2) is 24.3 Å². The third-order valence-corrected chi connectivity index (χ3v) is 2.04. The van der Waals surface area contributed by atoms with E-state index in [1.54, 1.807) is 0 Å². The van der Waals surface area contributed by atoms with Crippen molar-refractivity contribution >= 4 is 22.6 Å². The predicted octanol–water partition coefficient (Wildman–Crippen LogP) is 3.53. The van der Waals surface area contributed by atoms with E-state index in [0.29, 0.717) is 0 Å². The van der Waals surface area contributed by atoms with E-state index in [4.69, 9.17) is 0 Å². The van der Waals surface area contributed by atoms with Crippen molar-refractivity contribution in [3.63, 3.8) is 0 Å². The van der Waals surface area contributed by atoms with Crippen LogP contribution in [0.4, 0.5) is 17.6 Å². The first-order valence-corrected chi connectivity index (χ1v) is 4.60. The number of benzene rings is 1. The lowest BCUT2D eigenvalue weighted by Gasteiger charge is -2.16. The Morgan fingerprint density at radius 1 is 1.14 bits per heavy atom. The smallest absolute Gasteiger partial charge is 0.428 e. The van der Waals surface area contributed by atoms with Gasteiger partial charge in [-0.15, -0.1) is 0 Å². The molecule has 0 aromatic heterocycles. The van der Waals surface area contributed by atoms with Gasteiger partial charge >= 0.3 is 12.5 Å². The lowest BCUT2D eigenvalue weighted by atomic mass is 10.3.